The predicted molar refractivity (Wildman–Crippen MR) is 63.0 cm³/mol. The topological polar surface area (TPSA) is 75.6 Å². The number of benzene rings is 1. The van der Waals surface area contributed by atoms with Gasteiger partial charge in [0, 0.05) is 12.1 Å². The van der Waals surface area contributed by atoms with Crippen molar-refractivity contribution in [3.8, 4) is 0 Å². The minimum Gasteiger partial charge on any atom is -0.466 e. The molecular formula is C12H14FNO4. The van der Waals surface area contributed by atoms with Crippen molar-refractivity contribution in [3.63, 3.8) is 0 Å². The van der Waals surface area contributed by atoms with E-state index in [1.54, 1.807) is 6.92 Å². The highest BCUT2D eigenvalue weighted by molar-refractivity contribution is 5.82. The molecule has 0 aliphatic carbocycles. The summed E-state index contributed by atoms with van der Waals surface area (Å²) in [6.07, 6.45) is -1.00. The normalized spacial score (nSPS) is 9.89. The van der Waals surface area contributed by atoms with Crippen LogP contribution in [0.15, 0.2) is 18.2 Å². The first-order valence-corrected chi connectivity index (χ1v) is 5.47. The number of hydrogen-bond donors (Lipinski definition) is 2. The van der Waals surface area contributed by atoms with E-state index in [0.29, 0.717) is 0 Å². The predicted octanol–water partition coefficient (Wildman–Crippen LogP) is 2.41. The summed E-state index contributed by atoms with van der Waals surface area (Å²) in [6, 6.07) is 3.84. The Balaban J connectivity index is 2.69. The molecule has 5 nitrogen and oxygen atoms in total. The third kappa shape index (κ3) is 4.40. The van der Waals surface area contributed by atoms with E-state index in [1.165, 1.54) is 12.1 Å². The van der Waals surface area contributed by atoms with Crippen LogP contribution in [-0.4, -0.2) is 23.8 Å². The molecule has 1 rings (SSSR count). The van der Waals surface area contributed by atoms with Gasteiger partial charge in [0.15, 0.2) is 0 Å². The van der Waals surface area contributed by atoms with E-state index in [-0.39, 0.29) is 30.7 Å². The van der Waals surface area contributed by atoms with Gasteiger partial charge in [0.1, 0.15) is 5.82 Å². The lowest BCUT2D eigenvalue weighted by atomic mass is 10.1. The van der Waals surface area contributed by atoms with Crippen molar-refractivity contribution >= 4 is 17.7 Å². The fraction of sp³-hybridized carbons (Fsp3) is 0.333. The molecule has 1 aromatic rings. The van der Waals surface area contributed by atoms with Gasteiger partial charge in [-0.05, 0) is 37.1 Å². The average Bonchev–Trinajstić information content (AvgIpc) is 2.29. The summed E-state index contributed by atoms with van der Waals surface area (Å²) in [7, 11) is 0. The molecule has 0 atom stereocenters. The van der Waals surface area contributed by atoms with Crippen molar-refractivity contribution in [3.05, 3.63) is 29.6 Å². The summed E-state index contributed by atoms with van der Waals surface area (Å²) in [5, 5.41) is 10.7. The second kappa shape index (κ2) is 6.58. The molecule has 0 heterocycles. The SMILES string of the molecule is CCOC(=O)CCc1cc(NC(=O)O)ccc1F. The van der Waals surface area contributed by atoms with Crippen LogP contribution in [0, 0.1) is 5.82 Å². The van der Waals surface area contributed by atoms with Crippen molar-refractivity contribution in [2.75, 3.05) is 11.9 Å². The lowest BCUT2D eigenvalue weighted by molar-refractivity contribution is -0.143. The monoisotopic (exact) mass is 255 g/mol. The van der Waals surface area contributed by atoms with Crippen LogP contribution in [0.4, 0.5) is 14.9 Å². The fourth-order valence-electron chi connectivity index (χ4n) is 1.44. The lowest BCUT2D eigenvalue weighted by Gasteiger charge is -2.06. The molecule has 0 spiro atoms. The number of carbonyl (C=O) groups is 2. The summed E-state index contributed by atoms with van der Waals surface area (Å²) in [4.78, 5) is 21.6. The smallest absolute Gasteiger partial charge is 0.409 e. The number of amides is 1. The number of halogens is 1. The van der Waals surface area contributed by atoms with E-state index in [0.717, 1.165) is 6.07 Å². The molecule has 0 unspecified atom stereocenters. The third-order valence-corrected chi connectivity index (χ3v) is 2.20. The van der Waals surface area contributed by atoms with Crippen molar-refractivity contribution in [2.24, 2.45) is 0 Å². The maximum atomic E-state index is 13.4. The minimum absolute atomic E-state index is 0.0568. The van der Waals surface area contributed by atoms with Gasteiger partial charge in [0.2, 0.25) is 0 Å². The Labute approximate surface area is 104 Å². The molecule has 0 aliphatic rings. The maximum Gasteiger partial charge on any atom is 0.409 e. The summed E-state index contributed by atoms with van der Waals surface area (Å²) >= 11 is 0. The molecule has 0 saturated heterocycles. The number of rotatable bonds is 5. The minimum atomic E-state index is -1.22. The largest absolute Gasteiger partial charge is 0.466 e. The number of anilines is 1. The van der Waals surface area contributed by atoms with E-state index in [2.05, 4.69) is 5.32 Å². The molecule has 18 heavy (non-hydrogen) atoms. The molecule has 0 bridgehead atoms. The maximum absolute atomic E-state index is 13.4. The quantitative estimate of drug-likeness (QED) is 0.792. The van der Waals surface area contributed by atoms with Gasteiger partial charge in [-0.25, -0.2) is 9.18 Å². The van der Waals surface area contributed by atoms with Gasteiger partial charge in [0.25, 0.3) is 0 Å². The molecular weight excluding hydrogens is 241 g/mol. The van der Waals surface area contributed by atoms with Gasteiger partial charge in [-0.2, -0.15) is 0 Å². The Morgan fingerprint density at radius 2 is 2.17 bits per heavy atom. The number of carbonyl (C=O) groups excluding carboxylic acids is 1. The van der Waals surface area contributed by atoms with Crippen LogP contribution in [0.3, 0.4) is 0 Å². The lowest BCUT2D eigenvalue weighted by Crippen LogP contribution is -2.09. The molecule has 98 valence electrons. The molecule has 2 N–H and O–H groups in total. The Morgan fingerprint density at radius 1 is 1.44 bits per heavy atom. The first kappa shape index (κ1) is 14.0. The molecule has 0 aromatic heterocycles. The Kier molecular flexibility index (Phi) is 5.10. The van der Waals surface area contributed by atoms with Gasteiger partial charge in [-0.1, -0.05) is 0 Å². The first-order valence-electron chi connectivity index (χ1n) is 5.47. The highest BCUT2D eigenvalue weighted by Gasteiger charge is 2.08. The van der Waals surface area contributed by atoms with Crippen molar-refractivity contribution in [1.82, 2.24) is 0 Å². The molecule has 0 fully saturated rings. The van der Waals surface area contributed by atoms with Crippen LogP contribution in [0.5, 0.6) is 0 Å². The van der Waals surface area contributed by atoms with E-state index >= 15 is 0 Å². The van der Waals surface area contributed by atoms with Crippen LogP contribution in [-0.2, 0) is 16.0 Å². The summed E-state index contributed by atoms with van der Waals surface area (Å²) in [5.74, 6) is -0.885. The highest BCUT2D eigenvalue weighted by atomic mass is 19.1. The van der Waals surface area contributed by atoms with Gasteiger partial charge < -0.3 is 9.84 Å². The van der Waals surface area contributed by atoms with Crippen LogP contribution >= 0.6 is 0 Å². The molecule has 1 aromatic carbocycles. The molecule has 0 aliphatic heterocycles. The van der Waals surface area contributed by atoms with Gasteiger partial charge in [0.05, 0.1) is 6.61 Å². The molecule has 1 amide bonds. The van der Waals surface area contributed by atoms with Crippen LogP contribution < -0.4 is 5.32 Å². The van der Waals surface area contributed by atoms with Gasteiger partial charge >= 0.3 is 12.1 Å². The number of esters is 1. The first-order chi connectivity index (χ1) is 8.52. The highest BCUT2D eigenvalue weighted by Crippen LogP contribution is 2.16. The van der Waals surface area contributed by atoms with Crippen molar-refractivity contribution < 1.29 is 23.8 Å². The zero-order chi connectivity index (χ0) is 13.5. The summed E-state index contributed by atoms with van der Waals surface area (Å²) < 4.78 is 18.1. The summed E-state index contributed by atoms with van der Waals surface area (Å²) in [5.41, 5.74) is 0.539. The Hall–Kier alpha value is -2.11. The fourth-order valence-corrected chi connectivity index (χ4v) is 1.44. The second-order valence-electron chi connectivity index (χ2n) is 3.54. The van der Waals surface area contributed by atoms with E-state index in [9.17, 15) is 14.0 Å². The number of carboxylic acid groups (broad SMARTS) is 1. The molecule has 0 saturated carbocycles. The number of ether oxygens (including phenoxy) is 1. The summed E-state index contributed by atoms with van der Waals surface area (Å²) in [6.45, 7) is 1.97. The van der Waals surface area contributed by atoms with E-state index in [4.69, 9.17) is 9.84 Å². The Morgan fingerprint density at radius 3 is 2.78 bits per heavy atom. The molecule has 0 radical (unpaired) electrons. The molecule has 6 heteroatoms. The second-order valence-corrected chi connectivity index (χ2v) is 3.54. The van der Waals surface area contributed by atoms with E-state index in [1.807, 2.05) is 0 Å². The Bertz CT molecular complexity index is 448. The van der Waals surface area contributed by atoms with E-state index < -0.39 is 17.9 Å². The number of aryl methyl sites for hydroxylation is 1. The zero-order valence-electron chi connectivity index (χ0n) is 9.90. The van der Waals surface area contributed by atoms with Crippen LogP contribution in [0.25, 0.3) is 0 Å². The third-order valence-electron chi connectivity index (χ3n) is 2.20. The van der Waals surface area contributed by atoms with Gasteiger partial charge in [-0.3, -0.25) is 10.1 Å². The van der Waals surface area contributed by atoms with Gasteiger partial charge in [-0.15, -0.1) is 0 Å². The number of hydrogen-bond acceptors (Lipinski definition) is 3. The van der Waals surface area contributed by atoms with Crippen molar-refractivity contribution in [1.29, 1.82) is 0 Å². The zero-order valence-corrected chi connectivity index (χ0v) is 9.90. The standard InChI is InChI=1S/C12H14FNO4/c1-2-18-11(15)6-3-8-7-9(14-12(16)17)4-5-10(8)13/h4-5,7,14H,2-3,6H2,1H3,(H,16,17). The van der Waals surface area contributed by atoms with Crippen LogP contribution in [0.2, 0.25) is 0 Å². The van der Waals surface area contributed by atoms with Crippen molar-refractivity contribution in [2.45, 2.75) is 19.8 Å². The average molecular weight is 255 g/mol. The van der Waals surface area contributed by atoms with Crippen LogP contribution in [0.1, 0.15) is 18.9 Å². The number of nitrogens with one attached hydrogen (secondary N) is 1.